The molecule has 1 unspecified atom stereocenters. The lowest BCUT2D eigenvalue weighted by Crippen LogP contribution is -2.26. The SMILES string of the molecule is C=C(C)C(CCCN=C(C)N)NC.CC. The highest BCUT2D eigenvalue weighted by molar-refractivity contribution is 5.77. The molecule has 0 fully saturated rings. The maximum absolute atomic E-state index is 5.42. The molecule has 0 bridgehead atoms. The van der Waals surface area contributed by atoms with Crippen LogP contribution in [0.1, 0.15) is 40.5 Å². The molecule has 0 aromatic rings. The summed E-state index contributed by atoms with van der Waals surface area (Å²) in [5.41, 5.74) is 6.60. The molecule has 0 heterocycles. The van der Waals surface area contributed by atoms with Crippen LogP contribution in [-0.2, 0) is 0 Å². The van der Waals surface area contributed by atoms with Gasteiger partial charge in [0.25, 0.3) is 0 Å². The third-order valence-corrected chi connectivity index (χ3v) is 1.96. The molecule has 0 amide bonds. The van der Waals surface area contributed by atoms with Gasteiger partial charge in [-0.2, -0.15) is 0 Å². The van der Waals surface area contributed by atoms with Gasteiger partial charge in [0.15, 0.2) is 0 Å². The standard InChI is InChI=1S/C10H21N3.C2H6/c1-8(2)10(12-4)6-5-7-13-9(3)11;1-2/h10,12H,1,5-7H2,2-4H3,(H2,11,13);1-2H3. The van der Waals surface area contributed by atoms with Gasteiger partial charge in [0, 0.05) is 12.6 Å². The van der Waals surface area contributed by atoms with Crippen LogP contribution in [0.25, 0.3) is 0 Å². The number of rotatable bonds is 6. The predicted molar refractivity (Wildman–Crippen MR) is 70.4 cm³/mol. The predicted octanol–water partition coefficient (Wildman–Crippen LogP) is 2.33. The van der Waals surface area contributed by atoms with Crippen molar-refractivity contribution < 1.29 is 0 Å². The largest absolute Gasteiger partial charge is 0.388 e. The maximum atomic E-state index is 5.42. The molecule has 3 N–H and O–H groups in total. The molecule has 1 atom stereocenters. The minimum absolute atomic E-state index is 0.410. The Hall–Kier alpha value is -0.830. The number of nitrogens with two attached hydrogens (primary N) is 1. The molecule has 0 rings (SSSR count). The summed E-state index contributed by atoms with van der Waals surface area (Å²) in [5.74, 6) is 0.663. The van der Waals surface area contributed by atoms with Crippen molar-refractivity contribution in [1.82, 2.24) is 5.32 Å². The van der Waals surface area contributed by atoms with Gasteiger partial charge in [0.1, 0.15) is 0 Å². The normalized spacial score (nSPS) is 12.7. The molecule has 3 nitrogen and oxygen atoms in total. The Kier molecular flexibility index (Phi) is 12.4. The maximum Gasteiger partial charge on any atom is 0.0905 e. The number of hydrogen-bond donors (Lipinski definition) is 2. The van der Waals surface area contributed by atoms with E-state index in [1.807, 2.05) is 34.7 Å². The number of amidine groups is 1. The van der Waals surface area contributed by atoms with E-state index >= 15 is 0 Å². The van der Waals surface area contributed by atoms with Gasteiger partial charge in [-0.25, -0.2) is 0 Å². The first kappa shape index (κ1) is 16.6. The van der Waals surface area contributed by atoms with E-state index in [0.29, 0.717) is 11.9 Å². The lowest BCUT2D eigenvalue weighted by Gasteiger charge is -2.14. The number of likely N-dealkylation sites (N-methyl/N-ethyl adjacent to an activating group) is 1. The lowest BCUT2D eigenvalue weighted by atomic mass is 10.1. The second-order valence-corrected chi connectivity index (χ2v) is 3.35. The smallest absolute Gasteiger partial charge is 0.0905 e. The molecule has 90 valence electrons. The second kappa shape index (κ2) is 11.2. The van der Waals surface area contributed by atoms with Crippen LogP contribution >= 0.6 is 0 Å². The van der Waals surface area contributed by atoms with Gasteiger partial charge in [-0.3, -0.25) is 4.99 Å². The summed E-state index contributed by atoms with van der Waals surface area (Å²) in [6.45, 7) is 12.6. The topological polar surface area (TPSA) is 50.4 Å². The Morgan fingerprint density at radius 2 is 1.93 bits per heavy atom. The van der Waals surface area contributed by atoms with Gasteiger partial charge in [0.2, 0.25) is 0 Å². The molecule has 0 aliphatic heterocycles. The average Bonchev–Trinajstić information content (AvgIpc) is 2.20. The number of nitrogens with zero attached hydrogens (tertiary/aromatic N) is 1. The highest BCUT2D eigenvalue weighted by atomic mass is 14.9. The van der Waals surface area contributed by atoms with Gasteiger partial charge in [0.05, 0.1) is 5.84 Å². The third-order valence-electron chi connectivity index (χ3n) is 1.96. The van der Waals surface area contributed by atoms with E-state index in [1.54, 1.807) is 0 Å². The first-order valence-electron chi connectivity index (χ1n) is 5.67. The molecule has 15 heavy (non-hydrogen) atoms. The summed E-state index contributed by atoms with van der Waals surface area (Å²) < 4.78 is 0. The summed E-state index contributed by atoms with van der Waals surface area (Å²) in [6.07, 6.45) is 2.12. The lowest BCUT2D eigenvalue weighted by molar-refractivity contribution is 0.568. The summed E-state index contributed by atoms with van der Waals surface area (Å²) in [7, 11) is 1.96. The molecule has 0 aliphatic rings. The summed E-state index contributed by atoms with van der Waals surface area (Å²) in [4.78, 5) is 4.13. The van der Waals surface area contributed by atoms with E-state index in [0.717, 1.165) is 19.4 Å². The molecule has 0 aromatic carbocycles. The van der Waals surface area contributed by atoms with Crippen LogP contribution < -0.4 is 11.1 Å². The van der Waals surface area contributed by atoms with Crippen LogP contribution in [0.3, 0.4) is 0 Å². The third kappa shape index (κ3) is 11.1. The number of nitrogens with one attached hydrogen (secondary N) is 1. The van der Waals surface area contributed by atoms with Crippen LogP contribution in [-0.4, -0.2) is 25.5 Å². The molecule has 0 aliphatic carbocycles. The van der Waals surface area contributed by atoms with E-state index in [9.17, 15) is 0 Å². The summed E-state index contributed by atoms with van der Waals surface area (Å²) >= 11 is 0. The van der Waals surface area contributed by atoms with Crippen molar-refractivity contribution in [3.63, 3.8) is 0 Å². The van der Waals surface area contributed by atoms with Crippen molar-refractivity contribution in [2.75, 3.05) is 13.6 Å². The van der Waals surface area contributed by atoms with E-state index in [2.05, 4.69) is 16.9 Å². The van der Waals surface area contributed by atoms with Crippen molar-refractivity contribution in [1.29, 1.82) is 0 Å². The quantitative estimate of drug-likeness (QED) is 0.308. The zero-order chi connectivity index (χ0) is 12.3. The zero-order valence-corrected chi connectivity index (χ0v) is 10.9. The van der Waals surface area contributed by atoms with Crippen LogP contribution in [0, 0.1) is 0 Å². The van der Waals surface area contributed by atoms with Crippen molar-refractivity contribution in [2.24, 2.45) is 10.7 Å². The Balaban J connectivity index is 0. The fraction of sp³-hybridized carbons (Fsp3) is 0.750. The van der Waals surface area contributed by atoms with Crippen LogP contribution in [0.2, 0.25) is 0 Å². The van der Waals surface area contributed by atoms with E-state index < -0.39 is 0 Å². The molecule has 0 aromatic heterocycles. The van der Waals surface area contributed by atoms with Crippen LogP contribution in [0.4, 0.5) is 0 Å². The molecule has 0 saturated heterocycles. The Bertz CT molecular complexity index is 181. The van der Waals surface area contributed by atoms with Crippen molar-refractivity contribution in [3.05, 3.63) is 12.2 Å². The van der Waals surface area contributed by atoms with E-state index in [1.165, 1.54) is 5.57 Å². The Morgan fingerprint density at radius 1 is 1.40 bits per heavy atom. The van der Waals surface area contributed by atoms with Crippen molar-refractivity contribution in [3.8, 4) is 0 Å². The molecule has 0 spiro atoms. The van der Waals surface area contributed by atoms with Gasteiger partial charge in [-0.05, 0) is 33.7 Å². The van der Waals surface area contributed by atoms with Crippen molar-refractivity contribution >= 4 is 5.84 Å². The first-order valence-corrected chi connectivity index (χ1v) is 5.67. The molecular formula is C12H27N3. The van der Waals surface area contributed by atoms with E-state index in [-0.39, 0.29) is 0 Å². The molecule has 3 heteroatoms. The summed E-state index contributed by atoms with van der Waals surface area (Å²) in [5, 5.41) is 3.21. The number of hydrogen-bond acceptors (Lipinski definition) is 2. The Labute approximate surface area is 94.9 Å². The fourth-order valence-corrected chi connectivity index (χ4v) is 1.19. The highest BCUT2D eigenvalue weighted by Crippen LogP contribution is 2.05. The first-order chi connectivity index (χ1) is 7.07. The van der Waals surface area contributed by atoms with Gasteiger partial charge >= 0.3 is 0 Å². The van der Waals surface area contributed by atoms with Crippen LogP contribution in [0.5, 0.6) is 0 Å². The van der Waals surface area contributed by atoms with Crippen LogP contribution in [0.15, 0.2) is 17.1 Å². The number of aliphatic imine (C=N–C) groups is 1. The highest BCUT2D eigenvalue weighted by Gasteiger charge is 2.04. The summed E-state index contributed by atoms with van der Waals surface area (Å²) in [6, 6.07) is 0.410. The van der Waals surface area contributed by atoms with Gasteiger partial charge < -0.3 is 11.1 Å². The average molecular weight is 213 g/mol. The fourth-order valence-electron chi connectivity index (χ4n) is 1.19. The Morgan fingerprint density at radius 3 is 2.27 bits per heavy atom. The second-order valence-electron chi connectivity index (χ2n) is 3.35. The zero-order valence-electron chi connectivity index (χ0n) is 10.9. The van der Waals surface area contributed by atoms with E-state index in [4.69, 9.17) is 5.73 Å². The molecule has 0 radical (unpaired) electrons. The minimum atomic E-state index is 0.410. The monoisotopic (exact) mass is 213 g/mol. The van der Waals surface area contributed by atoms with Crippen molar-refractivity contribution in [2.45, 2.75) is 46.6 Å². The molecular weight excluding hydrogens is 186 g/mol. The molecule has 0 saturated carbocycles. The minimum Gasteiger partial charge on any atom is -0.388 e. The van der Waals surface area contributed by atoms with Gasteiger partial charge in [-0.1, -0.05) is 26.0 Å². The van der Waals surface area contributed by atoms with Gasteiger partial charge in [-0.15, -0.1) is 0 Å².